The highest BCUT2D eigenvalue weighted by atomic mass is 28.3. The molecule has 0 saturated heterocycles. The van der Waals surface area contributed by atoms with E-state index in [2.05, 4.69) is 29.8 Å². The molecule has 2 aromatic rings. The molecule has 0 aliphatic carbocycles. The Morgan fingerprint density at radius 1 is 1.27 bits per heavy atom. The highest BCUT2D eigenvalue weighted by molar-refractivity contribution is 6.76. The lowest BCUT2D eigenvalue weighted by Gasteiger charge is -2.15. The number of aryl methyl sites for hydroxylation is 1. The third-order valence-corrected chi connectivity index (χ3v) is 4.80. The predicted octanol–water partition coefficient (Wildman–Crippen LogP) is 2.09. The lowest BCUT2D eigenvalue weighted by atomic mass is 10.5. The maximum Gasteiger partial charge on any atom is 0.256 e. The third kappa shape index (κ3) is 5.19. The van der Waals surface area contributed by atoms with Gasteiger partial charge < -0.3 is 15.2 Å². The molecule has 2 heterocycles. The number of aromatic nitrogens is 4. The van der Waals surface area contributed by atoms with Gasteiger partial charge in [0.2, 0.25) is 0 Å². The molecule has 0 bridgehead atoms. The van der Waals surface area contributed by atoms with Crippen molar-refractivity contribution in [3.63, 3.8) is 0 Å². The molecule has 2 aromatic heterocycles. The van der Waals surface area contributed by atoms with Crippen molar-refractivity contribution in [1.82, 2.24) is 19.6 Å². The van der Waals surface area contributed by atoms with E-state index in [1.165, 1.54) is 0 Å². The van der Waals surface area contributed by atoms with Crippen molar-refractivity contribution >= 4 is 13.8 Å². The second-order valence-corrected chi connectivity index (χ2v) is 12.2. The summed E-state index contributed by atoms with van der Waals surface area (Å²) >= 11 is 0. The Bertz CT molecular complexity index is 603. The number of nitrogens with zero attached hydrogens (tertiary/aromatic N) is 4. The summed E-state index contributed by atoms with van der Waals surface area (Å²) in [6.45, 7) is 8.46. The molecule has 0 spiro atoms. The first kappa shape index (κ1) is 16.6. The first-order valence-electron chi connectivity index (χ1n) is 7.35. The van der Waals surface area contributed by atoms with E-state index in [0.29, 0.717) is 24.9 Å². The predicted molar refractivity (Wildman–Crippen MR) is 88.3 cm³/mol. The lowest BCUT2D eigenvalue weighted by molar-refractivity contribution is 0.0773. The molecule has 2 N–H and O–H groups in total. The van der Waals surface area contributed by atoms with Gasteiger partial charge >= 0.3 is 0 Å². The van der Waals surface area contributed by atoms with Gasteiger partial charge in [-0.1, -0.05) is 19.6 Å². The number of rotatable bonds is 8. The molecule has 0 saturated carbocycles. The van der Waals surface area contributed by atoms with Crippen LogP contribution >= 0.6 is 0 Å². The Kier molecular flexibility index (Phi) is 5.25. The van der Waals surface area contributed by atoms with Gasteiger partial charge in [0.25, 0.3) is 5.88 Å². The average molecular weight is 323 g/mol. The molecule has 0 radical (unpaired) electrons. The van der Waals surface area contributed by atoms with Gasteiger partial charge in [0.1, 0.15) is 19.0 Å². The minimum absolute atomic E-state index is 0.346. The van der Waals surface area contributed by atoms with Gasteiger partial charge in [0.05, 0.1) is 11.9 Å². The molecule has 7 nitrogen and oxygen atoms in total. The van der Waals surface area contributed by atoms with Crippen LogP contribution in [0.4, 0.5) is 5.69 Å². The van der Waals surface area contributed by atoms with Crippen LogP contribution < -0.4 is 10.5 Å². The first-order chi connectivity index (χ1) is 10.3. The summed E-state index contributed by atoms with van der Waals surface area (Å²) < 4.78 is 14.6. The topological polar surface area (TPSA) is 80.1 Å². The number of nitrogen functional groups attached to an aromatic ring is 1. The van der Waals surface area contributed by atoms with Crippen molar-refractivity contribution in [3.8, 4) is 5.88 Å². The lowest BCUT2D eigenvalue weighted by Crippen LogP contribution is -2.22. The molecule has 0 atom stereocenters. The van der Waals surface area contributed by atoms with Crippen LogP contribution in [0.5, 0.6) is 5.88 Å². The number of anilines is 1. The minimum Gasteiger partial charge on any atom is -0.469 e. The Morgan fingerprint density at radius 2 is 2.05 bits per heavy atom. The van der Waals surface area contributed by atoms with Crippen LogP contribution in [-0.4, -0.2) is 34.2 Å². The van der Waals surface area contributed by atoms with Crippen molar-refractivity contribution < 1.29 is 9.47 Å². The fraction of sp³-hybridized carbons (Fsp3) is 0.571. The molecule has 0 fully saturated rings. The number of ether oxygens (including phenoxy) is 2. The molecular weight excluding hydrogens is 298 g/mol. The molecule has 22 heavy (non-hydrogen) atoms. The van der Waals surface area contributed by atoms with E-state index >= 15 is 0 Å². The third-order valence-electron chi connectivity index (χ3n) is 3.10. The maximum absolute atomic E-state index is 5.90. The van der Waals surface area contributed by atoms with Crippen molar-refractivity contribution in [1.29, 1.82) is 0 Å². The Hall–Kier alpha value is -1.80. The highest BCUT2D eigenvalue weighted by Crippen LogP contribution is 2.19. The van der Waals surface area contributed by atoms with Crippen molar-refractivity contribution in [3.05, 3.63) is 24.2 Å². The fourth-order valence-corrected chi connectivity index (χ4v) is 2.57. The second kappa shape index (κ2) is 6.97. The summed E-state index contributed by atoms with van der Waals surface area (Å²) in [5, 5.41) is 8.53. The first-order valence-corrected chi connectivity index (χ1v) is 11.1. The number of nitrogens with two attached hydrogens (primary N) is 1. The van der Waals surface area contributed by atoms with E-state index in [0.717, 1.165) is 18.3 Å². The monoisotopic (exact) mass is 323 g/mol. The van der Waals surface area contributed by atoms with E-state index in [1.807, 2.05) is 19.3 Å². The van der Waals surface area contributed by atoms with Gasteiger partial charge in [-0.25, -0.2) is 4.68 Å². The van der Waals surface area contributed by atoms with Crippen LogP contribution in [0.25, 0.3) is 0 Å². The molecular formula is C14H25N5O2Si. The Labute approximate surface area is 132 Å². The fourth-order valence-electron chi connectivity index (χ4n) is 1.82. The van der Waals surface area contributed by atoms with Crippen molar-refractivity contribution in [2.75, 3.05) is 12.3 Å². The molecule has 0 aromatic carbocycles. The van der Waals surface area contributed by atoms with Gasteiger partial charge in [-0.05, 0) is 12.1 Å². The van der Waals surface area contributed by atoms with Crippen molar-refractivity contribution in [2.24, 2.45) is 7.05 Å². The summed E-state index contributed by atoms with van der Waals surface area (Å²) in [7, 11) is 0.803. The summed E-state index contributed by atoms with van der Waals surface area (Å²) in [6, 6.07) is 3.03. The van der Waals surface area contributed by atoms with Crippen LogP contribution in [0.1, 0.15) is 5.69 Å². The zero-order valence-corrected chi connectivity index (χ0v) is 14.7. The molecule has 8 heteroatoms. The average Bonchev–Trinajstić information content (AvgIpc) is 2.98. The van der Waals surface area contributed by atoms with E-state index in [-0.39, 0.29) is 0 Å². The summed E-state index contributed by atoms with van der Waals surface area (Å²) in [6.07, 6.45) is 3.59. The Morgan fingerprint density at radius 3 is 2.68 bits per heavy atom. The quantitative estimate of drug-likeness (QED) is 0.594. The van der Waals surface area contributed by atoms with Crippen LogP contribution in [0.3, 0.4) is 0 Å². The molecule has 122 valence electrons. The zero-order valence-electron chi connectivity index (χ0n) is 13.7. The molecule has 0 aliphatic rings. The summed E-state index contributed by atoms with van der Waals surface area (Å²) in [4.78, 5) is 0. The minimum atomic E-state index is -1.06. The second-order valence-electron chi connectivity index (χ2n) is 6.55. The van der Waals surface area contributed by atoms with Gasteiger partial charge in [0.15, 0.2) is 0 Å². The van der Waals surface area contributed by atoms with Crippen LogP contribution in [0.15, 0.2) is 18.5 Å². The molecule has 0 unspecified atom stereocenters. The number of hydrogen-bond donors (Lipinski definition) is 1. The van der Waals surface area contributed by atoms with Gasteiger partial charge in [-0.15, -0.1) is 5.10 Å². The van der Waals surface area contributed by atoms with Crippen LogP contribution in [0.2, 0.25) is 25.7 Å². The van der Waals surface area contributed by atoms with Gasteiger partial charge in [-0.3, -0.25) is 4.68 Å². The smallest absolute Gasteiger partial charge is 0.256 e. The molecule has 2 rings (SSSR count). The number of hydrogen-bond acceptors (Lipinski definition) is 5. The van der Waals surface area contributed by atoms with Gasteiger partial charge in [0, 0.05) is 27.9 Å². The van der Waals surface area contributed by atoms with E-state index in [9.17, 15) is 0 Å². The SMILES string of the molecule is Cn1ccc(COc2nn(COCC[Si](C)(C)C)cc2N)n1. The Balaban J connectivity index is 1.80. The molecule has 0 aliphatic heterocycles. The largest absolute Gasteiger partial charge is 0.469 e. The zero-order chi connectivity index (χ0) is 16.2. The maximum atomic E-state index is 5.90. The standard InChI is InChI=1S/C14H25N5O2Si/c1-18-6-5-12(16-18)10-21-14-13(15)9-19(17-14)11-20-7-8-22(2,3)4/h5-6,9H,7-8,10-11,15H2,1-4H3. The highest BCUT2D eigenvalue weighted by Gasteiger charge is 2.13. The van der Waals surface area contributed by atoms with Gasteiger partial charge in [-0.2, -0.15) is 5.10 Å². The summed E-state index contributed by atoms with van der Waals surface area (Å²) in [5.74, 6) is 0.416. The van der Waals surface area contributed by atoms with E-state index in [4.69, 9.17) is 15.2 Å². The van der Waals surface area contributed by atoms with E-state index < -0.39 is 8.07 Å². The molecule has 0 amide bonds. The summed E-state index contributed by atoms with van der Waals surface area (Å²) in [5.41, 5.74) is 7.24. The van der Waals surface area contributed by atoms with Crippen LogP contribution in [-0.2, 0) is 25.1 Å². The van der Waals surface area contributed by atoms with Crippen LogP contribution in [0, 0.1) is 0 Å². The van der Waals surface area contributed by atoms with E-state index in [1.54, 1.807) is 15.6 Å². The van der Waals surface area contributed by atoms with Crippen molar-refractivity contribution in [2.45, 2.75) is 39.0 Å². The normalized spacial score (nSPS) is 11.8.